The van der Waals surface area contributed by atoms with Crippen LogP contribution in [-0.2, 0) is 14.8 Å². The van der Waals surface area contributed by atoms with Crippen molar-refractivity contribution in [3.8, 4) is 6.07 Å². The Balaban J connectivity index is 2.22. The maximum Gasteiger partial charge on any atom is 0.322 e. The van der Waals surface area contributed by atoms with Gasteiger partial charge in [-0.3, -0.25) is 10.1 Å². The molecule has 9 heteroatoms. The zero-order valence-corrected chi connectivity index (χ0v) is 10.5. The smallest absolute Gasteiger partial charge is 0.322 e. The van der Waals surface area contributed by atoms with E-state index in [2.05, 4.69) is 10.6 Å². The maximum absolute atomic E-state index is 12.0. The van der Waals surface area contributed by atoms with E-state index in [1.54, 1.807) is 6.07 Å². The SMILES string of the molecule is CC(C#N)S(=O)(=O)N1CCC2(C1)NC(=O)NC2=O. The van der Waals surface area contributed by atoms with Crippen LogP contribution in [0.3, 0.4) is 0 Å². The van der Waals surface area contributed by atoms with E-state index in [0.29, 0.717) is 0 Å². The van der Waals surface area contributed by atoms with Gasteiger partial charge in [0.2, 0.25) is 10.0 Å². The van der Waals surface area contributed by atoms with Crippen LogP contribution in [-0.4, -0.2) is 48.5 Å². The van der Waals surface area contributed by atoms with Gasteiger partial charge < -0.3 is 5.32 Å². The first-order valence-electron chi connectivity index (χ1n) is 5.34. The lowest BCUT2D eigenvalue weighted by Crippen LogP contribution is -2.50. The Kier molecular flexibility index (Phi) is 2.79. The molecule has 0 aromatic carbocycles. The Labute approximate surface area is 104 Å². The monoisotopic (exact) mass is 272 g/mol. The molecule has 3 amide bonds. The molecule has 0 saturated carbocycles. The minimum absolute atomic E-state index is 0.113. The number of carbonyl (C=O) groups is 2. The van der Waals surface area contributed by atoms with Gasteiger partial charge in [0.15, 0.2) is 5.25 Å². The standard InChI is InChI=1S/C9H12N4O4S/c1-6(4-10)18(16,17)13-3-2-9(5-13)7(14)11-8(15)12-9/h6H,2-3,5H2,1H3,(H2,11,12,14,15). The van der Waals surface area contributed by atoms with Crippen LogP contribution in [0.25, 0.3) is 0 Å². The average Bonchev–Trinajstić information content (AvgIpc) is 2.84. The van der Waals surface area contributed by atoms with Crippen LogP contribution in [0.2, 0.25) is 0 Å². The lowest BCUT2D eigenvalue weighted by Gasteiger charge is -2.21. The zero-order chi connectivity index (χ0) is 13.6. The van der Waals surface area contributed by atoms with E-state index >= 15 is 0 Å². The van der Waals surface area contributed by atoms with Crippen molar-refractivity contribution in [1.82, 2.24) is 14.9 Å². The number of hydrogen-bond donors (Lipinski definition) is 2. The topological polar surface area (TPSA) is 119 Å². The molecule has 0 radical (unpaired) electrons. The molecular weight excluding hydrogens is 260 g/mol. The third-order valence-electron chi connectivity index (χ3n) is 3.24. The summed E-state index contributed by atoms with van der Waals surface area (Å²) in [5.41, 5.74) is -1.18. The van der Waals surface area contributed by atoms with Crippen molar-refractivity contribution in [2.24, 2.45) is 0 Å². The van der Waals surface area contributed by atoms with E-state index in [1.165, 1.54) is 6.92 Å². The normalized spacial score (nSPS) is 30.0. The van der Waals surface area contributed by atoms with Crippen molar-refractivity contribution in [3.05, 3.63) is 0 Å². The number of nitrogens with one attached hydrogen (secondary N) is 2. The molecule has 8 nitrogen and oxygen atoms in total. The third kappa shape index (κ3) is 1.74. The highest BCUT2D eigenvalue weighted by molar-refractivity contribution is 7.90. The number of nitrogens with zero attached hydrogens (tertiary/aromatic N) is 2. The molecule has 2 N–H and O–H groups in total. The van der Waals surface area contributed by atoms with Crippen molar-refractivity contribution in [2.75, 3.05) is 13.1 Å². The summed E-state index contributed by atoms with van der Waals surface area (Å²) < 4.78 is 25.0. The van der Waals surface area contributed by atoms with Gasteiger partial charge in [-0.15, -0.1) is 0 Å². The summed E-state index contributed by atoms with van der Waals surface area (Å²) in [6.07, 6.45) is 0.210. The van der Waals surface area contributed by atoms with Crippen LogP contribution in [0.15, 0.2) is 0 Å². The summed E-state index contributed by atoms with van der Waals surface area (Å²) in [5, 5.41) is 12.0. The fourth-order valence-electron chi connectivity index (χ4n) is 2.10. The molecule has 2 atom stereocenters. The van der Waals surface area contributed by atoms with Crippen LogP contribution in [0, 0.1) is 11.3 Å². The Bertz CT molecular complexity index is 551. The Morgan fingerprint density at radius 2 is 2.17 bits per heavy atom. The predicted octanol–water partition coefficient (Wildman–Crippen LogP) is -1.49. The van der Waals surface area contributed by atoms with E-state index in [9.17, 15) is 18.0 Å². The van der Waals surface area contributed by atoms with Gasteiger partial charge in [0.25, 0.3) is 5.91 Å². The molecule has 0 aliphatic carbocycles. The van der Waals surface area contributed by atoms with Crippen molar-refractivity contribution >= 4 is 22.0 Å². The fourth-order valence-corrected chi connectivity index (χ4v) is 3.42. The van der Waals surface area contributed by atoms with Crippen molar-refractivity contribution in [3.63, 3.8) is 0 Å². The molecule has 2 aliphatic rings. The Hall–Kier alpha value is -1.66. The predicted molar refractivity (Wildman–Crippen MR) is 59.6 cm³/mol. The number of amides is 3. The Morgan fingerprint density at radius 3 is 2.67 bits per heavy atom. The minimum Gasteiger partial charge on any atom is -0.322 e. The summed E-state index contributed by atoms with van der Waals surface area (Å²) >= 11 is 0. The summed E-state index contributed by atoms with van der Waals surface area (Å²) in [4.78, 5) is 22.7. The van der Waals surface area contributed by atoms with Crippen molar-refractivity contribution in [1.29, 1.82) is 5.26 Å². The van der Waals surface area contributed by atoms with E-state index in [4.69, 9.17) is 5.26 Å². The first-order valence-corrected chi connectivity index (χ1v) is 6.84. The number of urea groups is 1. The summed E-state index contributed by atoms with van der Waals surface area (Å²) in [5.74, 6) is -0.519. The zero-order valence-electron chi connectivity index (χ0n) is 9.63. The van der Waals surface area contributed by atoms with Gasteiger partial charge in [-0.2, -0.15) is 9.57 Å². The molecule has 0 bridgehead atoms. The number of hydrogen-bond acceptors (Lipinski definition) is 5. The molecule has 2 fully saturated rings. The van der Waals surface area contributed by atoms with Gasteiger partial charge in [-0.25, -0.2) is 13.2 Å². The first kappa shape index (κ1) is 12.8. The molecule has 2 heterocycles. The van der Waals surface area contributed by atoms with Crippen LogP contribution in [0.5, 0.6) is 0 Å². The summed E-state index contributed by atoms with van der Waals surface area (Å²) in [7, 11) is -3.75. The van der Waals surface area contributed by atoms with Gasteiger partial charge in [0.05, 0.1) is 6.07 Å². The molecule has 18 heavy (non-hydrogen) atoms. The molecule has 98 valence electrons. The van der Waals surface area contributed by atoms with Gasteiger partial charge in [-0.1, -0.05) is 0 Å². The molecule has 2 aliphatic heterocycles. The second kappa shape index (κ2) is 3.93. The van der Waals surface area contributed by atoms with Gasteiger partial charge >= 0.3 is 6.03 Å². The summed E-state index contributed by atoms with van der Waals surface area (Å²) in [6, 6.07) is 1.05. The molecule has 2 rings (SSSR count). The van der Waals surface area contributed by atoms with E-state index in [1.807, 2.05) is 0 Å². The lowest BCUT2D eigenvalue weighted by atomic mass is 10.00. The molecular formula is C9H12N4O4S. The van der Waals surface area contributed by atoms with Gasteiger partial charge in [0, 0.05) is 13.1 Å². The second-order valence-corrected chi connectivity index (χ2v) is 6.64. The van der Waals surface area contributed by atoms with Crippen LogP contribution in [0.1, 0.15) is 13.3 Å². The highest BCUT2D eigenvalue weighted by Crippen LogP contribution is 2.27. The maximum atomic E-state index is 12.0. The fraction of sp³-hybridized carbons (Fsp3) is 0.667. The minimum atomic E-state index is -3.75. The summed E-state index contributed by atoms with van der Waals surface area (Å²) in [6.45, 7) is 1.27. The molecule has 0 aromatic rings. The number of carbonyl (C=O) groups excluding carboxylic acids is 2. The second-order valence-electron chi connectivity index (χ2n) is 4.39. The highest BCUT2D eigenvalue weighted by atomic mass is 32.2. The first-order chi connectivity index (χ1) is 8.32. The third-order valence-corrected chi connectivity index (χ3v) is 5.27. The average molecular weight is 272 g/mol. The van der Waals surface area contributed by atoms with Gasteiger partial charge in [-0.05, 0) is 13.3 Å². The van der Waals surface area contributed by atoms with E-state index in [0.717, 1.165) is 4.31 Å². The molecule has 1 spiro atoms. The molecule has 0 aromatic heterocycles. The number of rotatable bonds is 2. The van der Waals surface area contributed by atoms with Crippen LogP contribution >= 0.6 is 0 Å². The lowest BCUT2D eigenvalue weighted by molar-refractivity contribution is -0.123. The quantitative estimate of drug-likeness (QED) is 0.594. The van der Waals surface area contributed by atoms with Crippen molar-refractivity contribution < 1.29 is 18.0 Å². The molecule has 2 saturated heterocycles. The Morgan fingerprint density at radius 1 is 1.50 bits per heavy atom. The van der Waals surface area contributed by atoms with E-state index in [-0.39, 0.29) is 19.5 Å². The highest BCUT2D eigenvalue weighted by Gasteiger charge is 2.53. The molecule has 2 unspecified atom stereocenters. The number of nitriles is 1. The number of sulfonamides is 1. The van der Waals surface area contributed by atoms with Crippen LogP contribution < -0.4 is 10.6 Å². The largest absolute Gasteiger partial charge is 0.322 e. The van der Waals surface area contributed by atoms with E-state index < -0.39 is 32.8 Å². The van der Waals surface area contributed by atoms with Crippen LogP contribution in [0.4, 0.5) is 4.79 Å². The van der Waals surface area contributed by atoms with Gasteiger partial charge in [0.1, 0.15) is 5.54 Å². The number of imide groups is 1. The van der Waals surface area contributed by atoms with Crippen molar-refractivity contribution in [2.45, 2.75) is 24.1 Å².